The predicted octanol–water partition coefficient (Wildman–Crippen LogP) is 1.66. The van der Waals surface area contributed by atoms with E-state index in [1.54, 1.807) is 0 Å². The quantitative estimate of drug-likeness (QED) is 0.677. The van der Waals surface area contributed by atoms with Gasteiger partial charge in [0.15, 0.2) is 0 Å². The van der Waals surface area contributed by atoms with Gasteiger partial charge in [0.05, 0.1) is 11.4 Å². The number of nitrogens with two attached hydrogens (primary N) is 1. The van der Waals surface area contributed by atoms with Gasteiger partial charge in [-0.1, -0.05) is 12.1 Å². The molecule has 17 heavy (non-hydrogen) atoms. The molecule has 4 heteroatoms. The number of amides is 1. The lowest BCUT2D eigenvalue weighted by molar-refractivity contribution is -0.120. The Morgan fingerprint density at radius 1 is 1.47 bits per heavy atom. The van der Waals surface area contributed by atoms with Crippen molar-refractivity contribution in [1.29, 1.82) is 0 Å². The summed E-state index contributed by atoms with van der Waals surface area (Å²) >= 11 is 0. The molecule has 1 saturated carbocycles. The van der Waals surface area contributed by atoms with Crippen molar-refractivity contribution in [3.8, 4) is 0 Å². The fourth-order valence-corrected chi connectivity index (χ4v) is 1.67. The molecule has 1 amide bonds. The molecule has 1 aliphatic carbocycles. The first-order chi connectivity index (χ1) is 8.16. The van der Waals surface area contributed by atoms with E-state index in [2.05, 4.69) is 10.6 Å². The van der Waals surface area contributed by atoms with Crippen LogP contribution in [0.4, 0.5) is 11.4 Å². The number of nitrogens with one attached hydrogen (secondary N) is 2. The molecule has 0 spiro atoms. The van der Waals surface area contributed by atoms with Crippen molar-refractivity contribution in [2.45, 2.75) is 32.2 Å². The molecule has 1 aliphatic rings. The standard InChI is InChI=1S/C13H19N3O/c1-9-3-2-4-11(13(9)14)15-8-7-12(17)16-10-5-6-10/h2-4,10,15H,5-8,14H2,1H3,(H,16,17). The molecule has 2 rings (SSSR count). The molecule has 0 atom stereocenters. The van der Waals surface area contributed by atoms with Crippen LogP contribution < -0.4 is 16.4 Å². The minimum Gasteiger partial charge on any atom is -0.397 e. The Hall–Kier alpha value is -1.71. The monoisotopic (exact) mass is 233 g/mol. The molecule has 0 radical (unpaired) electrons. The highest BCUT2D eigenvalue weighted by molar-refractivity contribution is 5.77. The largest absolute Gasteiger partial charge is 0.397 e. The van der Waals surface area contributed by atoms with E-state index in [1.807, 2.05) is 25.1 Å². The van der Waals surface area contributed by atoms with Crippen LogP contribution in [0, 0.1) is 6.92 Å². The van der Waals surface area contributed by atoms with Crippen molar-refractivity contribution in [3.63, 3.8) is 0 Å². The van der Waals surface area contributed by atoms with Crippen molar-refractivity contribution in [2.24, 2.45) is 0 Å². The number of benzene rings is 1. The second kappa shape index (κ2) is 5.08. The van der Waals surface area contributed by atoms with Gasteiger partial charge in [-0.3, -0.25) is 4.79 Å². The molecule has 4 N–H and O–H groups in total. The van der Waals surface area contributed by atoms with Crippen molar-refractivity contribution < 1.29 is 4.79 Å². The van der Waals surface area contributed by atoms with Gasteiger partial charge < -0.3 is 16.4 Å². The molecule has 92 valence electrons. The smallest absolute Gasteiger partial charge is 0.221 e. The summed E-state index contributed by atoms with van der Waals surface area (Å²) < 4.78 is 0. The van der Waals surface area contributed by atoms with Crippen LogP contribution in [0.3, 0.4) is 0 Å². The van der Waals surface area contributed by atoms with E-state index in [9.17, 15) is 4.79 Å². The van der Waals surface area contributed by atoms with Crippen LogP contribution >= 0.6 is 0 Å². The number of nitrogen functional groups attached to an aromatic ring is 1. The molecule has 1 aromatic rings. The van der Waals surface area contributed by atoms with Crippen LogP contribution in [0.1, 0.15) is 24.8 Å². The maximum Gasteiger partial charge on any atom is 0.221 e. The Morgan fingerprint density at radius 2 is 2.24 bits per heavy atom. The minimum absolute atomic E-state index is 0.117. The highest BCUT2D eigenvalue weighted by Gasteiger charge is 2.22. The summed E-state index contributed by atoms with van der Waals surface area (Å²) in [5.74, 6) is 0.117. The second-order valence-electron chi connectivity index (χ2n) is 4.55. The van der Waals surface area contributed by atoms with Crippen molar-refractivity contribution in [2.75, 3.05) is 17.6 Å². The van der Waals surface area contributed by atoms with Crippen molar-refractivity contribution >= 4 is 17.3 Å². The van der Waals surface area contributed by atoms with Crippen LogP contribution in [0.2, 0.25) is 0 Å². The van der Waals surface area contributed by atoms with Gasteiger partial charge in [-0.05, 0) is 31.4 Å². The zero-order valence-electron chi connectivity index (χ0n) is 10.1. The molecule has 0 aliphatic heterocycles. The third-order valence-corrected chi connectivity index (χ3v) is 2.93. The third kappa shape index (κ3) is 3.37. The molecular formula is C13H19N3O. The van der Waals surface area contributed by atoms with Crippen LogP contribution in [0.5, 0.6) is 0 Å². The fraction of sp³-hybridized carbons (Fsp3) is 0.462. The highest BCUT2D eigenvalue weighted by Crippen LogP contribution is 2.21. The molecule has 1 fully saturated rings. The lowest BCUT2D eigenvalue weighted by atomic mass is 10.1. The topological polar surface area (TPSA) is 67.2 Å². The van der Waals surface area contributed by atoms with E-state index in [4.69, 9.17) is 5.73 Å². The molecule has 0 saturated heterocycles. The highest BCUT2D eigenvalue weighted by atomic mass is 16.1. The summed E-state index contributed by atoms with van der Waals surface area (Å²) in [6.45, 7) is 2.59. The molecule has 1 aromatic carbocycles. The second-order valence-corrected chi connectivity index (χ2v) is 4.55. The zero-order valence-corrected chi connectivity index (χ0v) is 10.1. The van der Waals surface area contributed by atoms with Gasteiger partial charge in [-0.25, -0.2) is 0 Å². The Morgan fingerprint density at radius 3 is 2.94 bits per heavy atom. The minimum atomic E-state index is 0.117. The summed E-state index contributed by atoms with van der Waals surface area (Å²) in [7, 11) is 0. The van der Waals surface area contributed by atoms with E-state index in [1.165, 1.54) is 0 Å². The summed E-state index contributed by atoms with van der Waals surface area (Å²) in [5, 5.41) is 6.15. The number of hydrogen-bond acceptors (Lipinski definition) is 3. The average molecular weight is 233 g/mol. The van der Waals surface area contributed by atoms with E-state index < -0.39 is 0 Å². The van der Waals surface area contributed by atoms with Crippen LogP contribution in [-0.2, 0) is 4.79 Å². The Kier molecular flexibility index (Phi) is 3.52. The van der Waals surface area contributed by atoms with Gasteiger partial charge in [0.1, 0.15) is 0 Å². The number of anilines is 2. The van der Waals surface area contributed by atoms with Gasteiger partial charge in [0, 0.05) is 19.0 Å². The maximum absolute atomic E-state index is 11.5. The molecular weight excluding hydrogens is 214 g/mol. The number of aryl methyl sites for hydroxylation is 1. The molecule has 0 aromatic heterocycles. The Labute approximate surface area is 102 Å². The summed E-state index contributed by atoms with van der Waals surface area (Å²) in [6, 6.07) is 6.30. The van der Waals surface area contributed by atoms with E-state index >= 15 is 0 Å². The third-order valence-electron chi connectivity index (χ3n) is 2.93. The first-order valence-corrected chi connectivity index (χ1v) is 6.05. The van der Waals surface area contributed by atoms with Gasteiger partial charge in [0.25, 0.3) is 0 Å². The van der Waals surface area contributed by atoms with Gasteiger partial charge in [0.2, 0.25) is 5.91 Å². The van der Waals surface area contributed by atoms with Gasteiger partial charge >= 0.3 is 0 Å². The lowest BCUT2D eigenvalue weighted by Gasteiger charge is -2.10. The molecule has 0 unspecified atom stereocenters. The fourth-order valence-electron chi connectivity index (χ4n) is 1.67. The van der Waals surface area contributed by atoms with Crippen molar-refractivity contribution in [1.82, 2.24) is 5.32 Å². The normalized spacial score (nSPS) is 14.4. The van der Waals surface area contributed by atoms with Crippen LogP contribution in [0.25, 0.3) is 0 Å². The maximum atomic E-state index is 11.5. The molecule has 0 heterocycles. The summed E-state index contributed by atoms with van der Waals surface area (Å²) in [6.07, 6.45) is 2.75. The Bertz CT molecular complexity index is 413. The zero-order chi connectivity index (χ0) is 12.3. The SMILES string of the molecule is Cc1cccc(NCCC(=O)NC2CC2)c1N. The van der Waals surface area contributed by atoms with E-state index in [0.717, 1.165) is 29.8 Å². The number of para-hydroxylation sites is 1. The lowest BCUT2D eigenvalue weighted by Crippen LogP contribution is -2.27. The van der Waals surface area contributed by atoms with Crippen molar-refractivity contribution in [3.05, 3.63) is 23.8 Å². The number of hydrogen-bond donors (Lipinski definition) is 3. The molecule has 4 nitrogen and oxygen atoms in total. The summed E-state index contributed by atoms with van der Waals surface area (Å²) in [4.78, 5) is 11.5. The predicted molar refractivity (Wildman–Crippen MR) is 69.9 cm³/mol. The number of carbonyl (C=O) groups is 1. The number of rotatable bonds is 5. The first-order valence-electron chi connectivity index (χ1n) is 6.05. The van der Waals surface area contributed by atoms with Crippen LogP contribution in [-0.4, -0.2) is 18.5 Å². The average Bonchev–Trinajstić information content (AvgIpc) is 3.08. The molecule has 0 bridgehead atoms. The van der Waals surface area contributed by atoms with Gasteiger partial charge in [-0.15, -0.1) is 0 Å². The van der Waals surface area contributed by atoms with E-state index in [-0.39, 0.29) is 5.91 Å². The van der Waals surface area contributed by atoms with E-state index in [0.29, 0.717) is 19.0 Å². The number of carbonyl (C=O) groups excluding carboxylic acids is 1. The first kappa shape index (κ1) is 11.8. The van der Waals surface area contributed by atoms with Crippen LogP contribution in [0.15, 0.2) is 18.2 Å². The van der Waals surface area contributed by atoms with Gasteiger partial charge in [-0.2, -0.15) is 0 Å². The summed E-state index contributed by atoms with van der Waals surface area (Å²) in [5.41, 5.74) is 8.65. The Balaban J connectivity index is 1.77.